The molecule has 0 saturated carbocycles. The number of nitrogens with zero attached hydrogens (tertiary/aromatic N) is 2. The molecule has 0 saturated heterocycles. The average Bonchev–Trinajstić information content (AvgIpc) is 2.38. The van der Waals surface area contributed by atoms with Crippen LogP contribution in [0.5, 0.6) is 5.75 Å². The number of hydrogen-bond donors (Lipinski definition) is 0. The van der Waals surface area contributed by atoms with Crippen molar-refractivity contribution in [1.82, 2.24) is 9.97 Å². The van der Waals surface area contributed by atoms with Gasteiger partial charge in [0.1, 0.15) is 5.75 Å². The highest BCUT2D eigenvalue weighted by atomic mass is 16.5. The molecule has 3 nitrogen and oxygen atoms in total. The monoisotopic (exact) mass is 212 g/mol. The topological polar surface area (TPSA) is 35.0 Å². The molecule has 0 atom stereocenters. The summed E-state index contributed by atoms with van der Waals surface area (Å²) in [5, 5.41) is 0. The first-order valence-electron chi connectivity index (χ1n) is 4.98. The Bertz CT molecular complexity index is 480. The van der Waals surface area contributed by atoms with Gasteiger partial charge in [-0.1, -0.05) is 18.2 Å². The zero-order valence-electron chi connectivity index (χ0n) is 9.00. The first kappa shape index (κ1) is 10.4. The molecule has 1 heterocycles. The summed E-state index contributed by atoms with van der Waals surface area (Å²) in [7, 11) is 1.66. The molecule has 0 radical (unpaired) electrons. The molecule has 0 bridgehead atoms. The molecule has 2 rings (SSSR count). The Morgan fingerprint density at radius 2 is 1.75 bits per heavy atom. The maximum absolute atomic E-state index is 5.24. The zero-order chi connectivity index (χ0) is 11.2. The fraction of sp³-hybridized carbons (Fsp3) is 0.0769. The highest BCUT2D eigenvalue weighted by Gasteiger charge is 1.96. The van der Waals surface area contributed by atoms with Crippen LogP contribution >= 0.6 is 0 Å². The molecular formula is C13H12N2O. The van der Waals surface area contributed by atoms with Gasteiger partial charge in [-0.2, -0.15) is 0 Å². The molecule has 80 valence electrons. The first-order chi connectivity index (χ1) is 7.90. The van der Waals surface area contributed by atoms with E-state index in [1.807, 2.05) is 36.4 Å². The second-order valence-corrected chi connectivity index (χ2v) is 3.18. The van der Waals surface area contributed by atoms with Crippen molar-refractivity contribution < 1.29 is 4.74 Å². The molecule has 3 heteroatoms. The number of methoxy groups -OCH3 is 1. The lowest BCUT2D eigenvalue weighted by atomic mass is 10.2. The maximum Gasteiger partial charge on any atom is 0.151 e. The van der Waals surface area contributed by atoms with Gasteiger partial charge >= 0.3 is 0 Å². The molecule has 2 aromatic rings. The average molecular weight is 212 g/mol. The van der Waals surface area contributed by atoms with Crippen molar-refractivity contribution >= 4 is 12.2 Å². The third-order valence-corrected chi connectivity index (χ3v) is 2.14. The highest BCUT2D eigenvalue weighted by molar-refractivity contribution is 5.70. The van der Waals surface area contributed by atoms with Crippen molar-refractivity contribution in [3.05, 3.63) is 54.1 Å². The van der Waals surface area contributed by atoms with Gasteiger partial charge < -0.3 is 4.74 Å². The van der Waals surface area contributed by atoms with Gasteiger partial charge in [-0.3, -0.25) is 0 Å². The van der Waals surface area contributed by atoms with E-state index in [1.165, 1.54) is 0 Å². The van der Waals surface area contributed by atoms with Crippen LogP contribution in [0.4, 0.5) is 0 Å². The Morgan fingerprint density at radius 3 is 2.50 bits per heavy atom. The summed E-state index contributed by atoms with van der Waals surface area (Å²) < 4.78 is 5.24. The lowest BCUT2D eigenvalue weighted by Gasteiger charge is -2.02. The summed E-state index contributed by atoms with van der Waals surface area (Å²) in [5.41, 5.74) is 1.01. The van der Waals surface area contributed by atoms with Gasteiger partial charge in [0.2, 0.25) is 0 Å². The summed E-state index contributed by atoms with van der Waals surface area (Å²) >= 11 is 0. The molecule has 0 fully saturated rings. The number of hydrogen-bond acceptors (Lipinski definition) is 3. The van der Waals surface area contributed by atoms with Gasteiger partial charge in [-0.05, 0) is 24.3 Å². The molecule has 16 heavy (non-hydrogen) atoms. The van der Waals surface area contributed by atoms with Crippen LogP contribution in [0.25, 0.3) is 12.2 Å². The van der Waals surface area contributed by atoms with E-state index in [9.17, 15) is 0 Å². The van der Waals surface area contributed by atoms with Crippen molar-refractivity contribution in [2.75, 3.05) is 7.11 Å². The predicted octanol–water partition coefficient (Wildman–Crippen LogP) is 2.66. The third-order valence-electron chi connectivity index (χ3n) is 2.14. The number of benzene rings is 1. The largest absolute Gasteiger partial charge is 0.496 e. The Balaban J connectivity index is 2.24. The second kappa shape index (κ2) is 5.07. The van der Waals surface area contributed by atoms with E-state index in [0.717, 1.165) is 11.3 Å². The van der Waals surface area contributed by atoms with Crippen molar-refractivity contribution in [3.8, 4) is 5.75 Å². The van der Waals surface area contributed by atoms with Crippen LogP contribution < -0.4 is 4.74 Å². The van der Waals surface area contributed by atoms with Gasteiger partial charge in [-0.15, -0.1) is 0 Å². The van der Waals surface area contributed by atoms with E-state index in [4.69, 9.17) is 4.74 Å². The van der Waals surface area contributed by atoms with Crippen molar-refractivity contribution in [2.24, 2.45) is 0 Å². The number of rotatable bonds is 3. The maximum atomic E-state index is 5.24. The first-order valence-corrected chi connectivity index (χ1v) is 4.98. The van der Waals surface area contributed by atoms with E-state index in [-0.39, 0.29) is 0 Å². The minimum absolute atomic E-state index is 0.688. The molecule has 0 N–H and O–H groups in total. The minimum Gasteiger partial charge on any atom is -0.496 e. The number of para-hydroxylation sites is 1. The summed E-state index contributed by atoms with van der Waals surface area (Å²) in [5.74, 6) is 1.53. The van der Waals surface area contributed by atoms with E-state index >= 15 is 0 Å². The fourth-order valence-corrected chi connectivity index (χ4v) is 1.37. The SMILES string of the molecule is COc1ccccc1C=Cc1ncccn1. The molecule has 1 aromatic carbocycles. The van der Waals surface area contributed by atoms with Crippen LogP contribution in [0, 0.1) is 0 Å². The standard InChI is InChI=1S/C13H12N2O/c1-16-12-6-3-2-5-11(12)7-8-13-14-9-4-10-15-13/h2-10H,1H3. The van der Waals surface area contributed by atoms with Gasteiger partial charge in [0.25, 0.3) is 0 Å². The van der Waals surface area contributed by atoms with Crippen molar-refractivity contribution in [1.29, 1.82) is 0 Å². The Morgan fingerprint density at radius 1 is 1.00 bits per heavy atom. The summed E-state index contributed by atoms with van der Waals surface area (Å²) in [6.45, 7) is 0. The Labute approximate surface area is 94.4 Å². The molecule has 0 aliphatic rings. The molecule has 0 spiro atoms. The van der Waals surface area contributed by atoms with E-state index in [1.54, 1.807) is 25.6 Å². The van der Waals surface area contributed by atoms with E-state index in [0.29, 0.717) is 5.82 Å². The van der Waals surface area contributed by atoms with Crippen LogP contribution in [0.1, 0.15) is 11.4 Å². The predicted molar refractivity (Wildman–Crippen MR) is 64.0 cm³/mol. The highest BCUT2D eigenvalue weighted by Crippen LogP contribution is 2.19. The van der Waals surface area contributed by atoms with Crippen LogP contribution in [0.3, 0.4) is 0 Å². The molecule has 1 aromatic heterocycles. The fourth-order valence-electron chi connectivity index (χ4n) is 1.37. The quantitative estimate of drug-likeness (QED) is 0.784. The Hall–Kier alpha value is -2.16. The molecule has 0 amide bonds. The van der Waals surface area contributed by atoms with Gasteiger partial charge in [-0.25, -0.2) is 9.97 Å². The summed E-state index contributed by atoms with van der Waals surface area (Å²) in [6.07, 6.45) is 7.23. The van der Waals surface area contributed by atoms with Crippen LogP contribution in [-0.2, 0) is 0 Å². The lowest BCUT2D eigenvalue weighted by molar-refractivity contribution is 0.414. The van der Waals surface area contributed by atoms with Crippen LogP contribution in [0.2, 0.25) is 0 Å². The third kappa shape index (κ3) is 2.45. The zero-order valence-corrected chi connectivity index (χ0v) is 9.00. The normalized spacial score (nSPS) is 10.6. The molecule has 0 aliphatic carbocycles. The second-order valence-electron chi connectivity index (χ2n) is 3.18. The van der Waals surface area contributed by atoms with Crippen LogP contribution in [-0.4, -0.2) is 17.1 Å². The molecular weight excluding hydrogens is 200 g/mol. The Kier molecular flexibility index (Phi) is 3.28. The van der Waals surface area contributed by atoms with Crippen molar-refractivity contribution in [3.63, 3.8) is 0 Å². The van der Waals surface area contributed by atoms with Gasteiger partial charge in [0, 0.05) is 18.0 Å². The van der Waals surface area contributed by atoms with Crippen LogP contribution in [0.15, 0.2) is 42.7 Å². The smallest absolute Gasteiger partial charge is 0.151 e. The van der Waals surface area contributed by atoms with Crippen molar-refractivity contribution in [2.45, 2.75) is 0 Å². The lowest BCUT2D eigenvalue weighted by Crippen LogP contribution is -1.86. The molecule has 0 unspecified atom stereocenters. The number of aromatic nitrogens is 2. The van der Waals surface area contributed by atoms with E-state index in [2.05, 4.69) is 9.97 Å². The molecule has 0 aliphatic heterocycles. The summed E-state index contributed by atoms with van der Waals surface area (Å²) in [6, 6.07) is 9.60. The van der Waals surface area contributed by atoms with Gasteiger partial charge in [0.15, 0.2) is 5.82 Å². The van der Waals surface area contributed by atoms with Gasteiger partial charge in [0.05, 0.1) is 7.11 Å². The summed E-state index contributed by atoms with van der Waals surface area (Å²) in [4.78, 5) is 8.22. The number of ether oxygens (including phenoxy) is 1. The van der Waals surface area contributed by atoms with E-state index < -0.39 is 0 Å². The minimum atomic E-state index is 0.688.